The third-order valence-electron chi connectivity index (χ3n) is 4.35. The normalized spacial score (nSPS) is 12.1. The largest absolute Gasteiger partial charge is 0.411 e. The van der Waals surface area contributed by atoms with Crippen molar-refractivity contribution >= 4 is 5.96 Å². The molecule has 2 N–H and O–H groups in total. The molecule has 31 heavy (non-hydrogen) atoms. The summed E-state index contributed by atoms with van der Waals surface area (Å²) in [7, 11) is 0. The monoisotopic (exact) mass is 437 g/mol. The summed E-state index contributed by atoms with van der Waals surface area (Å²) in [4.78, 5) is 4.60. The van der Waals surface area contributed by atoms with E-state index in [-0.39, 0.29) is 6.61 Å². The maximum Gasteiger partial charge on any atom is 0.411 e. The Labute approximate surface area is 181 Å². The second-order valence-corrected chi connectivity index (χ2v) is 6.88. The summed E-state index contributed by atoms with van der Waals surface area (Å²) in [6.07, 6.45) is -4.31. The molecule has 0 saturated carbocycles. The molecule has 2 aromatic rings. The fourth-order valence-electron chi connectivity index (χ4n) is 2.80. The lowest BCUT2D eigenvalue weighted by molar-refractivity contribution is -0.176. The molecule has 0 aliphatic carbocycles. The summed E-state index contributed by atoms with van der Waals surface area (Å²) in [5, 5.41) is 6.55. The summed E-state index contributed by atoms with van der Waals surface area (Å²) in [6.45, 7) is 5.67. The number of hydrogen-bond donors (Lipinski definition) is 2. The molecule has 2 rings (SSSR count). The molecule has 0 bridgehead atoms. The predicted octanol–water partition coefficient (Wildman–Crippen LogP) is 4.56. The summed E-state index contributed by atoms with van der Waals surface area (Å²) < 4.78 is 46.7. The van der Waals surface area contributed by atoms with E-state index in [4.69, 9.17) is 4.74 Å². The van der Waals surface area contributed by atoms with Crippen LogP contribution in [0.5, 0.6) is 0 Å². The maximum atomic E-state index is 12.2. The Bertz CT molecular complexity index is 808. The molecule has 0 radical (unpaired) electrons. The molecule has 0 amide bonds. The van der Waals surface area contributed by atoms with Gasteiger partial charge in [0.05, 0.1) is 19.8 Å². The highest BCUT2D eigenvalue weighted by Gasteiger charge is 2.27. The fraction of sp³-hybridized carbons (Fsp3) is 0.435. The van der Waals surface area contributed by atoms with Crippen LogP contribution in [0.15, 0.2) is 53.5 Å². The van der Waals surface area contributed by atoms with Crippen molar-refractivity contribution in [2.24, 2.45) is 4.99 Å². The average molecular weight is 438 g/mol. The Hall–Kier alpha value is -2.58. The Kier molecular flexibility index (Phi) is 10.3. The second-order valence-electron chi connectivity index (χ2n) is 6.88. The van der Waals surface area contributed by atoms with Gasteiger partial charge in [-0.15, -0.1) is 0 Å². The number of nitrogens with one attached hydrogen (secondary N) is 2. The number of halogens is 3. The van der Waals surface area contributed by atoms with E-state index in [2.05, 4.69) is 32.5 Å². The van der Waals surface area contributed by atoms with Gasteiger partial charge in [0.25, 0.3) is 0 Å². The standard InChI is InChI=1S/C23H30F3N3O2/c1-3-27-22(29-14-20-7-5-6-8-21(20)16-30-4-2)28-13-18-9-11-19(12-10-18)15-31-17-23(24,25)26/h5-12H,3-4,13-17H2,1-2H3,(H2,27,28,29). The van der Waals surface area contributed by atoms with Crippen LogP contribution in [0.2, 0.25) is 0 Å². The van der Waals surface area contributed by atoms with Gasteiger partial charge in [-0.05, 0) is 36.1 Å². The minimum Gasteiger partial charge on any atom is -0.377 e. The van der Waals surface area contributed by atoms with Crippen LogP contribution >= 0.6 is 0 Å². The third kappa shape index (κ3) is 9.85. The predicted molar refractivity (Wildman–Crippen MR) is 116 cm³/mol. The van der Waals surface area contributed by atoms with Crippen molar-refractivity contribution in [1.82, 2.24) is 10.6 Å². The van der Waals surface area contributed by atoms with Gasteiger partial charge in [-0.1, -0.05) is 48.5 Å². The Balaban J connectivity index is 1.91. The fourth-order valence-corrected chi connectivity index (χ4v) is 2.80. The number of nitrogens with zero attached hydrogens (tertiary/aromatic N) is 1. The van der Waals surface area contributed by atoms with Crippen LogP contribution in [-0.4, -0.2) is 31.9 Å². The lowest BCUT2D eigenvalue weighted by Crippen LogP contribution is -2.37. The molecule has 0 heterocycles. The van der Waals surface area contributed by atoms with Crippen LogP contribution in [0.4, 0.5) is 13.2 Å². The van der Waals surface area contributed by atoms with Gasteiger partial charge in [0.1, 0.15) is 6.61 Å². The highest BCUT2D eigenvalue weighted by molar-refractivity contribution is 5.79. The van der Waals surface area contributed by atoms with E-state index >= 15 is 0 Å². The first-order valence-electron chi connectivity index (χ1n) is 10.3. The first-order valence-corrected chi connectivity index (χ1v) is 10.3. The smallest absolute Gasteiger partial charge is 0.377 e. The number of rotatable bonds is 11. The molecule has 0 saturated heterocycles. The van der Waals surface area contributed by atoms with E-state index in [1.807, 2.05) is 38.1 Å². The SMILES string of the molecule is CCNC(=NCc1ccc(COCC(F)(F)F)cc1)NCc1ccccc1COCC. The average Bonchev–Trinajstić information content (AvgIpc) is 2.75. The molecule has 8 heteroatoms. The van der Waals surface area contributed by atoms with Crippen LogP contribution in [0, 0.1) is 0 Å². The van der Waals surface area contributed by atoms with Crippen LogP contribution < -0.4 is 10.6 Å². The Morgan fingerprint density at radius 2 is 1.55 bits per heavy atom. The minimum atomic E-state index is -4.31. The molecule has 0 aliphatic heterocycles. The number of guanidine groups is 1. The highest BCUT2D eigenvalue weighted by atomic mass is 19.4. The molecule has 5 nitrogen and oxygen atoms in total. The van der Waals surface area contributed by atoms with Crippen molar-refractivity contribution in [1.29, 1.82) is 0 Å². The lowest BCUT2D eigenvalue weighted by Gasteiger charge is -2.14. The van der Waals surface area contributed by atoms with Gasteiger partial charge >= 0.3 is 6.18 Å². The van der Waals surface area contributed by atoms with Crippen molar-refractivity contribution in [3.63, 3.8) is 0 Å². The Morgan fingerprint density at radius 3 is 2.19 bits per heavy atom. The molecule has 0 aromatic heterocycles. The highest BCUT2D eigenvalue weighted by Crippen LogP contribution is 2.16. The lowest BCUT2D eigenvalue weighted by atomic mass is 10.1. The number of benzene rings is 2. The van der Waals surface area contributed by atoms with E-state index < -0.39 is 12.8 Å². The van der Waals surface area contributed by atoms with Gasteiger partial charge in [-0.3, -0.25) is 0 Å². The van der Waals surface area contributed by atoms with Crippen LogP contribution in [0.1, 0.15) is 36.1 Å². The van der Waals surface area contributed by atoms with E-state index in [9.17, 15) is 13.2 Å². The molecule has 0 unspecified atom stereocenters. The second kappa shape index (κ2) is 13.0. The van der Waals surface area contributed by atoms with E-state index in [1.165, 1.54) is 0 Å². The van der Waals surface area contributed by atoms with Crippen molar-refractivity contribution in [2.45, 2.75) is 46.3 Å². The number of alkyl halides is 3. The van der Waals surface area contributed by atoms with Crippen molar-refractivity contribution in [3.8, 4) is 0 Å². The zero-order chi connectivity index (χ0) is 22.5. The summed E-state index contributed by atoms with van der Waals surface area (Å²) in [5.41, 5.74) is 3.92. The van der Waals surface area contributed by atoms with Crippen LogP contribution in [0.25, 0.3) is 0 Å². The van der Waals surface area contributed by atoms with Crippen molar-refractivity contribution < 1.29 is 22.6 Å². The van der Waals surface area contributed by atoms with Gasteiger partial charge in [0.2, 0.25) is 0 Å². The number of hydrogen-bond acceptors (Lipinski definition) is 3. The summed E-state index contributed by atoms with van der Waals surface area (Å²) >= 11 is 0. The zero-order valence-corrected chi connectivity index (χ0v) is 18.0. The first-order chi connectivity index (χ1) is 14.9. The first kappa shape index (κ1) is 24.7. The maximum absolute atomic E-state index is 12.2. The summed E-state index contributed by atoms with van der Waals surface area (Å²) in [5.74, 6) is 0.686. The van der Waals surface area contributed by atoms with Crippen molar-refractivity contribution in [2.75, 3.05) is 19.8 Å². The molecule has 0 fully saturated rings. The summed E-state index contributed by atoms with van der Waals surface area (Å²) in [6, 6.07) is 15.3. The van der Waals surface area contributed by atoms with Crippen LogP contribution in [0.3, 0.4) is 0 Å². The van der Waals surface area contributed by atoms with Crippen molar-refractivity contribution in [3.05, 3.63) is 70.8 Å². The van der Waals surface area contributed by atoms with Gasteiger partial charge in [-0.25, -0.2) is 4.99 Å². The molecular formula is C23H30F3N3O2. The molecule has 0 spiro atoms. The number of ether oxygens (including phenoxy) is 2. The Morgan fingerprint density at radius 1 is 0.871 bits per heavy atom. The molecule has 0 atom stereocenters. The van der Waals surface area contributed by atoms with Crippen LogP contribution in [-0.2, 0) is 35.8 Å². The molecule has 2 aromatic carbocycles. The van der Waals surface area contributed by atoms with E-state index in [0.717, 1.165) is 23.2 Å². The quantitative estimate of drug-likeness (QED) is 0.400. The third-order valence-corrected chi connectivity index (χ3v) is 4.35. The zero-order valence-electron chi connectivity index (χ0n) is 18.0. The van der Waals surface area contributed by atoms with Gasteiger partial charge < -0.3 is 20.1 Å². The molecule has 170 valence electrons. The van der Waals surface area contributed by atoms with E-state index in [0.29, 0.717) is 37.8 Å². The van der Waals surface area contributed by atoms with Gasteiger partial charge in [-0.2, -0.15) is 13.2 Å². The number of aliphatic imine (C=N–C) groups is 1. The topological polar surface area (TPSA) is 54.9 Å². The minimum absolute atomic E-state index is 0.0750. The van der Waals surface area contributed by atoms with E-state index in [1.54, 1.807) is 12.1 Å². The molecule has 0 aliphatic rings. The molecular weight excluding hydrogens is 407 g/mol. The van der Waals surface area contributed by atoms with Gasteiger partial charge in [0.15, 0.2) is 5.96 Å². The van der Waals surface area contributed by atoms with Gasteiger partial charge in [0, 0.05) is 19.7 Å².